The third-order valence-corrected chi connectivity index (χ3v) is 7.28. The first-order valence-corrected chi connectivity index (χ1v) is 12.1. The number of rotatable bonds is 5. The first-order chi connectivity index (χ1) is 16.7. The SMILES string of the molecule is Cl.O=C1COc2ccc(F)c3c2N1CCC3CN1CCC(NCc2cc3c(cn2)OCCO3)CC1. The number of carbonyl (C=O) groups is 1. The molecule has 0 spiro atoms. The summed E-state index contributed by atoms with van der Waals surface area (Å²) in [5.41, 5.74) is 2.23. The van der Waals surface area contributed by atoms with Crippen LogP contribution in [0.25, 0.3) is 0 Å². The Morgan fingerprint density at radius 2 is 1.83 bits per heavy atom. The van der Waals surface area contributed by atoms with Crippen molar-refractivity contribution in [3.8, 4) is 17.2 Å². The van der Waals surface area contributed by atoms with Crippen molar-refractivity contribution in [1.29, 1.82) is 0 Å². The lowest BCUT2D eigenvalue weighted by atomic mass is 9.87. The van der Waals surface area contributed by atoms with Crippen LogP contribution in [0.3, 0.4) is 0 Å². The number of nitrogens with zero attached hydrogens (tertiary/aromatic N) is 3. The first-order valence-electron chi connectivity index (χ1n) is 12.1. The molecule has 8 nitrogen and oxygen atoms in total. The Hall–Kier alpha value is -2.62. The molecule has 6 rings (SSSR count). The van der Waals surface area contributed by atoms with Gasteiger partial charge < -0.3 is 29.3 Å². The maximum atomic E-state index is 14.9. The maximum Gasteiger partial charge on any atom is 0.265 e. The Labute approximate surface area is 210 Å². The number of hydrogen-bond donors (Lipinski definition) is 1. The van der Waals surface area contributed by atoms with Crippen molar-refractivity contribution in [3.63, 3.8) is 0 Å². The lowest BCUT2D eigenvalue weighted by Crippen LogP contribution is -2.46. The van der Waals surface area contributed by atoms with Crippen molar-refractivity contribution in [3.05, 3.63) is 41.5 Å². The molecule has 10 heteroatoms. The van der Waals surface area contributed by atoms with Crippen molar-refractivity contribution < 1.29 is 23.4 Å². The van der Waals surface area contributed by atoms with E-state index in [1.165, 1.54) is 6.07 Å². The number of ether oxygens (including phenoxy) is 3. The molecule has 4 aliphatic rings. The molecule has 5 heterocycles. The Balaban J connectivity index is 0.00000253. The molecule has 2 aromatic rings. The quantitative estimate of drug-likeness (QED) is 0.671. The molecule has 4 aliphatic heterocycles. The van der Waals surface area contributed by atoms with E-state index in [0.29, 0.717) is 55.1 Å². The molecule has 1 amide bonds. The number of carbonyl (C=O) groups excluding carboxylic acids is 1. The van der Waals surface area contributed by atoms with E-state index in [-0.39, 0.29) is 36.7 Å². The van der Waals surface area contributed by atoms with Crippen LogP contribution in [0.5, 0.6) is 17.2 Å². The van der Waals surface area contributed by atoms with Crippen LogP contribution < -0.4 is 24.4 Å². The number of amides is 1. The highest BCUT2D eigenvalue weighted by atomic mass is 35.5. The number of fused-ring (bicyclic) bond motifs is 1. The summed E-state index contributed by atoms with van der Waals surface area (Å²) in [5, 5.41) is 3.62. The molecule has 1 N–H and O–H groups in total. The lowest BCUT2D eigenvalue weighted by Gasteiger charge is -2.41. The van der Waals surface area contributed by atoms with Gasteiger partial charge in [0.15, 0.2) is 18.1 Å². The van der Waals surface area contributed by atoms with E-state index in [9.17, 15) is 9.18 Å². The van der Waals surface area contributed by atoms with Crippen LogP contribution in [-0.4, -0.2) is 67.8 Å². The molecule has 1 saturated heterocycles. The molecule has 188 valence electrons. The van der Waals surface area contributed by atoms with Crippen molar-refractivity contribution in [2.45, 2.75) is 37.8 Å². The zero-order chi connectivity index (χ0) is 23.1. The van der Waals surface area contributed by atoms with E-state index in [1.54, 1.807) is 17.2 Å². The van der Waals surface area contributed by atoms with Gasteiger partial charge in [0, 0.05) is 43.2 Å². The number of hydrogen-bond acceptors (Lipinski definition) is 7. The topological polar surface area (TPSA) is 76.2 Å². The second-order valence-corrected chi connectivity index (χ2v) is 9.40. The average Bonchev–Trinajstić information content (AvgIpc) is 2.87. The van der Waals surface area contributed by atoms with Gasteiger partial charge in [0.2, 0.25) is 0 Å². The molecule has 0 bridgehead atoms. The van der Waals surface area contributed by atoms with Gasteiger partial charge in [-0.1, -0.05) is 0 Å². The third kappa shape index (κ3) is 4.77. The van der Waals surface area contributed by atoms with Crippen LogP contribution in [0, 0.1) is 5.82 Å². The number of halogens is 2. The van der Waals surface area contributed by atoms with E-state index in [2.05, 4.69) is 15.2 Å². The summed E-state index contributed by atoms with van der Waals surface area (Å²) in [6.45, 7) is 5.19. The monoisotopic (exact) mass is 504 g/mol. The minimum atomic E-state index is -0.241. The van der Waals surface area contributed by atoms with Crippen LogP contribution in [0.4, 0.5) is 10.1 Å². The van der Waals surface area contributed by atoms with Gasteiger partial charge in [-0.3, -0.25) is 9.78 Å². The van der Waals surface area contributed by atoms with Crippen molar-refractivity contribution >= 4 is 24.0 Å². The summed E-state index contributed by atoms with van der Waals surface area (Å²) in [7, 11) is 0. The Morgan fingerprint density at radius 1 is 1.03 bits per heavy atom. The number of aromatic nitrogens is 1. The minimum absolute atomic E-state index is 0. The summed E-state index contributed by atoms with van der Waals surface area (Å²) < 4.78 is 31.7. The minimum Gasteiger partial charge on any atom is -0.486 e. The molecule has 1 aromatic heterocycles. The number of pyridine rings is 1. The van der Waals surface area contributed by atoms with Crippen LogP contribution in [-0.2, 0) is 11.3 Å². The van der Waals surface area contributed by atoms with Crippen LogP contribution in [0.1, 0.15) is 36.4 Å². The van der Waals surface area contributed by atoms with Gasteiger partial charge in [-0.25, -0.2) is 4.39 Å². The number of piperidine rings is 1. The number of anilines is 1. The van der Waals surface area contributed by atoms with Gasteiger partial charge in [-0.15, -0.1) is 12.4 Å². The van der Waals surface area contributed by atoms with E-state index >= 15 is 0 Å². The van der Waals surface area contributed by atoms with Gasteiger partial charge in [0.25, 0.3) is 5.91 Å². The van der Waals surface area contributed by atoms with E-state index in [0.717, 1.165) is 50.3 Å². The largest absolute Gasteiger partial charge is 0.486 e. The van der Waals surface area contributed by atoms with Gasteiger partial charge in [0.05, 0.1) is 17.6 Å². The molecule has 1 unspecified atom stereocenters. The summed E-state index contributed by atoms with van der Waals surface area (Å²) in [4.78, 5) is 20.9. The third-order valence-electron chi connectivity index (χ3n) is 7.28. The molecule has 1 aromatic carbocycles. The van der Waals surface area contributed by atoms with Gasteiger partial charge in [0.1, 0.15) is 24.8 Å². The Kier molecular flexibility index (Phi) is 7.00. The molecular weight excluding hydrogens is 475 g/mol. The predicted octanol–water partition coefficient (Wildman–Crippen LogP) is 2.88. The molecule has 0 saturated carbocycles. The zero-order valence-electron chi connectivity index (χ0n) is 19.5. The summed E-state index contributed by atoms with van der Waals surface area (Å²) >= 11 is 0. The molecule has 35 heavy (non-hydrogen) atoms. The molecule has 1 fully saturated rings. The Bertz CT molecular complexity index is 1100. The maximum absolute atomic E-state index is 14.9. The molecule has 0 aliphatic carbocycles. The summed E-state index contributed by atoms with van der Waals surface area (Å²) in [5.74, 6) is 1.83. The van der Waals surface area contributed by atoms with E-state index < -0.39 is 0 Å². The molecular formula is C25H30ClFN4O4. The first kappa shape index (κ1) is 24.1. The van der Waals surface area contributed by atoms with Gasteiger partial charge in [-0.05, 0) is 44.5 Å². The van der Waals surface area contributed by atoms with Crippen LogP contribution in [0.15, 0.2) is 24.4 Å². The Morgan fingerprint density at radius 3 is 2.66 bits per heavy atom. The normalized spacial score (nSPS) is 21.7. The summed E-state index contributed by atoms with van der Waals surface area (Å²) in [6, 6.07) is 5.49. The molecule has 0 radical (unpaired) electrons. The van der Waals surface area contributed by atoms with Crippen molar-refractivity contribution in [2.75, 3.05) is 50.9 Å². The second-order valence-electron chi connectivity index (χ2n) is 9.40. The van der Waals surface area contributed by atoms with Crippen molar-refractivity contribution in [1.82, 2.24) is 15.2 Å². The average molecular weight is 505 g/mol. The number of nitrogens with one attached hydrogen (secondary N) is 1. The highest BCUT2D eigenvalue weighted by molar-refractivity contribution is 5.99. The smallest absolute Gasteiger partial charge is 0.265 e. The fraction of sp³-hybridized carbons (Fsp3) is 0.520. The zero-order valence-corrected chi connectivity index (χ0v) is 20.3. The number of likely N-dealkylation sites (tertiary alicyclic amines) is 1. The van der Waals surface area contributed by atoms with Crippen LogP contribution >= 0.6 is 12.4 Å². The highest BCUT2D eigenvalue weighted by Gasteiger charge is 2.37. The van der Waals surface area contributed by atoms with Gasteiger partial charge >= 0.3 is 0 Å². The highest BCUT2D eigenvalue weighted by Crippen LogP contribution is 2.45. The van der Waals surface area contributed by atoms with Crippen LogP contribution in [0.2, 0.25) is 0 Å². The number of benzene rings is 1. The van der Waals surface area contributed by atoms with Gasteiger partial charge in [-0.2, -0.15) is 0 Å². The van der Waals surface area contributed by atoms with E-state index in [1.807, 2.05) is 6.07 Å². The van der Waals surface area contributed by atoms with E-state index in [4.69, 9.17) is 14.2 Å². The predicted molar refractivity (Wildman–Crippen MR) is 130 cm³/mol. The second kappa shape index (κ2) is 10.2. The standard InChI is InChI=1S/C25H29FN4O4.ClH/c26-19-1-2-20-25-24(19)16(3-8-30(25)23(31)15-34-20)14-29-6-4-17(5-7-29)27-12-18-11-21-22(13-28-18)33-10-9-32-21;/h1-2,11,13,16-17,27H,3-10,12,14-15H2;1H. The fourth-order valence-electron chi connectivity index (χ4n) is 5.50. The molecule has 1 atom stereocenters. The lowest BCUT2D eigenvalue weighted by molar-refractivity contribution is -0.121. The van der Waals surface area contributed by atoms with Crippen molar-refractivity contribution in [2.24, 2.45) is 0 Å². The fourth-order valence-corrected chi connectivity index (χ4v) is 5.50. The summed E-state index contributed by atoms with van der Waals surface area (Å²) in [6.07, 6.45) is 4.56.